The molecular weight excluding hydrogens is 430 g/mol. The number of thiazole rings is 1. The molecule has 2 aromatic heterocycles. The first-order chi connectivity index (χ1) is 15.2. The molecule has 3 aromatic rings. The van der Waals surface area contributed by atoms with Crippen LogP contribution in [0.2, 0.25) is 0 Å². The van der Waals surface area contributed by atoms with Crippen molar-refractivity contribution in [2.24, 2.45) is 7.05 Å². The summed E-state index contributed by atoms with van der Waals surface area (Å²) in [4.78, 5) is 41.3. The smallest absolute Gasteiger partial charge is 0.350 e. The highest BCUT2D eigenvalue weighted by Crippen LogP contribution is 2.24. The van der Waals surface area contributed by atoms with Crippen LogP contribution in [0.25, 0.3) is 11.1 Å². The summed E-state index contributed by atoms with van der Waals surface area (Å²) >= 11 is 1.06. The average Bonchev–Trinajstić information content (AvgIpc) is 3.33. The number of hydrogen-bond acceptors (Lipinski definition) is 7. The summed E-state index contributed by atoms with van der Waals surface area (Å²) in [5.74, 6) is -1.05. The normalized spacial score (nSPS) is 10.8. The van der Waals surface area contributed by atoms with Crippen molar-refractivity contribution in [3.05, 3.63) is 52.8 Å². The Hall–Kier alpha value is -3.53. The minimum Gasteiger partial charge on any atom is -0.459 e. The second-order valence-corrected chi connectivity index (χ2v) is 8.42. The van der Waals surface area contributed by atoms with Gasteiger partial charge < -0.3 is 15.4 Å². The summed E-state index contributed by atoms with van der Waals surface area (Å²) in [6.45, 7) is 5.37. The zero-order valence-electron chi connectivity index (χ0n) is 18.3. The van der Waals surface area contributed by atoms with Gasteiger partial charge in [0.05, 0.1) is 18.0 Å². The van der Waals surface area contributed by atoms with Crippen LogP contribution in [0.15, 0.2) is 36.7 Å². The lowest BCUT2D eigenvalue weighted by Crippen LogP contribution is -2.27. The van der Waals surface area contributed by atoms with Crippen LogP contribution in [0, 0.1) is 6.92 Å². The number of benzene rings is 1. The first kappa shape index (κ1) is 23.1. The molecule has 0 saturated carbocycles. The summed E-state index contributed by atoms with van der Waals surface area (Å²) in [7, 11) is 1.83. The summed E-state index contributed by atoms with van der Waals surface area (Å²) in [6.07, 6.45) is 3.43. The Kier molecular flexibility index (Phi) is 7.37. The van der Waals surface area contributed by atoms with Gasteiger partial charge >= 0.3 is 5.97 Å². The van der Waals surface area contributed by atoms with E-state index in [1.165, 1.54) is 0 Å². The zero-order valence-corrected chi connectivity index (χ0v) is 19.2. The van der Waals surface area contributed by atoms with Gasteiger partial charge in [0.1, 0.15) is 4.88 Å². The third-order valence-electron chi connectivity index (χ3n) is 4.37. The number of carbonyl (C=O) groups excluding carboxylic acids is 3. The van der Waals surface area contributed by atoms with E-state index < -0.39 is 5.97 Å². The number of anilines is 1. The van der Waals surface area contributed by atoms with E-state index in [2.05, 4.69) is 20.7 Å². The molecule has 0 aliphatic carbocycles. The molecule has 0 bridgehead atoms. The van der Waals surface area contributed by atoms with Crippen LogP contribution in [0.3, 0.4) is 0 Å². The number of aromatic nitrogens is 3. The average molecular weight is 456 g/mol. The number of ether oxygens (including phenoxy) is 1. The van der Waals surface area contributed by atoms with E-state index in [1.54, 1.807) is 49.8 Å². The Labute approximate surface area is 189 Å². The molecule has 2 heterocycles. The van der Waals surface area contributed by atoms with Crippen molar-refractivity contribution in [3.8, 4) is 11.1 Å². The molecule has 0 fully saturated rings. The van der Waals surface area contributed by atoms with E-state index in [0.717, 1.165) is 22.5 Å². The molecule has 1 aromatic carbocycles. The molecule has 0 atom stereocenters. The van der Waals surface area contributed by atoms with Crippen LogP contribution in [0.5, 0.6) is 0 Å². The fourth-order valence-corrected chi connectivity index (χ4v) is 3.76. The number of nitrogens with zero attached hydrogens (tertiary/aromatic N) is 3. The Bertz CT molecular complexity index is 1140. The SMILES string of the molecule is Cc1nc(NC(=O)CCNC(=O)c2cccc(-c3cnn(C)c3)c2)sc1C(=O)OC(C)C. The number of esters is 1. The van der Waals surface area contributed by atoms with Gasteiger partial charge in [0.2, 0.25) is 5.91 Å². The molecule has 0 unspecified atom stereocenters. The van der Waals surface area contributed by atoms with E-state index >= 15 is 0 Å². The number of rotatable bonds is 8. The minimum atomic E-state index is -0.462. The molecule has 0 radical (unpaired) electrons. The van der Waals surface area contributed by atoms with Gasteiger partial charge in [0.25, 0.3) is 5.91 Å². The quantitative estimate of drug-likeness (QED) is 0.504. The van der Waals surface area contributed by atoms with Crippen LogP contribution in [0.1, 0.15) is 46.0 Å². The monoisotopic (exact) mass is 455 g/mol. The Balaban J connectivity index is 1.51. The predicted molar refractivity (Wildman–Crippen MR) is 122 cm³/mol. The Morgan fingerprint density at radius 1 is 1.22 bits per heavy atom. The standard InChI is InChI=1S/C22H25N5O4S/c1-13(2)31-21(30)19-14(3)25-22(32-19)26-18(28)8-9-23-20(29)16-7-5-6-15(10-16)17-11-24-27(4)12-17/h5-7,10-13H,8-9H2,1-4H3,(H,23,29)(H,25,26,28). The number of amides is 2. The maximum absolute atomic E-state index is 12.5. The predicted octanol–water partition coefficient (Wildman–Crippen LogP) is 3.18. The molecule has 168 valence electrons. The van der Waals surface area contributed by atoms with Crippen molar-refractivity contribution in [1.29, 1.82) is 0 Å². The molecule has 0 saturated heterocycles. The van der Waals surface area contributed by atoms with Crippen molar-refractivity contribution in [2.45, 2.75) is 33.3 Å². The van der Waals surface area contributed by atoms with Crippen LogP contribution < -0.4 is 10.6 Å². The summed E-state index contributed by atoms with van der Waals surface area (Å²) in [6, 6.07) is 7.20. The molecule has 10 heteroatoms. The molecule has 0 spiro atoms. The van der Waals surface area contributed by atoms with Crippen LogP contribution in [-0.2, 0) is 16.6 Å². The Morgan fingerprint density at radius 2 is 2.00 bits per heavy atom. The molecule has 0 aliphatic rings. The van der Waals surface area contributed by atoms with Gasteiger partial charge in [-0.05, 0) is 38.5 Å². The van der Waals surface area contributed by atoms with Gasteiger partial charge in [0.15, 0.2) is 5.13 Å². The van der Waals surface area contributed by atoms with Crippen molar-refractivity contribution < 1.29 is 19.1 Å². The van der Waals surface area contributed by atoms with Crippen LogP contribution >= 0.6 is 11.3 Å². The summed E-state index contributed by atoms with van der Waals surface area (Å²) in [5, 5.41) is 9.86. The first-order valence-corrected chi connectivity index (χ1v) is 10.9. The number of carbonyl (C=O) groups is 3. The largest absolute Gasteiger partial charge is 0.459 e. The number of nitrogens with one attached hydrogen (secondary N) is 2. The number of aryl methyl sites for hydroxylation is 2. The highest BCUT2D eigenvalue weighted by Gasteiger charge is 2.19. The highest BCUT2D eigenvalue weighted by molar-refractivity contribution is 7.17. The molecule has 2 N–H and O–H groups in total. The Morgan fingerprint density at radius 3 is 2.69 bits per heavy atom. The van der Waals surface area contributed by atoms with Gasteiger partial charge in [-0.2, -0.15) is 5.10 Å². The lowest BCUT2D eigenvalue weighted by Gasteiger charge is -2.07. The fraction of sp³-hybridized carbons (Fsp3) is 0.318. The third kappa shape index (κ3) is 6.01. The van der Waals surface area contributed by atoms with E-state index in [4.69, 9.17) is 4.74 Å². The molecular formula is C22H25N5O4S. The second kappa shape index (κ2) is 10.2. The van der Waals surface area contributed by atoms with Gasteiger partial charge in [-0.3, -0.25) is 14.3 Å². The van der Waals surface area contributed by atoms with Gasteiger partial charge in [-0.25, -0.2) is 9.78 Å². The van der Waals surface area contributed by atoms with Crippen molar-refractivity contribution in [2.75, 3.05) is 11.9 Å². The molecule has 2 amide bonds. The second-order valence-electron chi connectivity index (χ2n) is 7.43. The molecule has 32 heavy (non-hydrogen) atoms. The van der Waals surface area contributed by atoms with Crippen molar-refractivity contribution in [3.63, 3.8) is 0 Å². The lowest BCUT2D eigenvalue weighted by atomic mass is 10.1. The van der Waals surface area contributed by atoms with E-state index in [1.807, 2.05) is 19.3 Å². The third-order valence-corrected chi connectivity index (χ3v) is 5.42. The van der Waals surface area contributed by atoms with E-state index in [-0.39, 0.29) is 30.9 Å². The number of hydrogen-bond donors (Lipinski definition) is 2. The maximum Gasteiger partial charge on any atom is 0.350 e. The fourth-order valence-electron chi connectivity index (χ4n) is 2.89. The summed E-state index contributed by atoms with van der Waals surface area (Å²) < 4.78 is 6.87. The molecule has 0 aliphatic heterocycles. The van der Waals surface area contributed by atoms with Gasteiger partial charge in [-0.15, -0.1) is 0 Å². The minimum absolute atomic E-state index is 0.0679. The maximum atomic E-state index is 12.5. The van der Waals surface area contributed by atoms with Crippen LogP contribution in [-0.4, -0.2) is 45.2 Å². The van der Waals surface area contributed by atoms with Gasteiger partial charge in [0, 0.05) is 37.3 Å². The van der Waals surface area contributed by atoms with E-state index in [9.17, 15) is 14.4 Å². The molecule has 9 nitrogen and oxygen atoms in total. The van der Waals surface area contributed by atoms with Gasteiger partial charge in [-0.1, -0.05) is 23.5 Å². The van der Waals surface area contributed by atoms with E-state index in [0.29, 0.717) is 21.3 Å². The summed E-state index contributed by atoms with van der Waals surface area (Å²) in [5.41, 5.74) is 2.79. The highest BCUT2D eigenvalue weighted by atomic mass is 32.1. The topological polar surface area (TPSA) is 115 Å². The lowest BCUT2D eigenvalue weighted by molar-refractivity contribution is -0.116. The van der Waals surface area contributed by atoms with Crippen molar-refractivity contribution >= 4 is 34.3 Å². The zero-order chi connectivity index (χ0) is 23.3. The first-order valence-electron chi connectivity index (χ1n) is 10.1. The van der Waals surface area contributed by atoms with Crippen molar-refractivity contribution in [1.82, 2.24) is 20.1 Å². The molecule has 3 rings (SSSR count). The van der Waals surface area contributed by atoms with Crippen LogP contribution in [0.4, 0.5) is 5.13 Å².